The Balaban J connectivity index is 2.36. The molecule has 0 spiro atoms. The van der Waals surface area contributed by atoms with E-state index in [0.717, 1.165) is 6.07 Å². The van der Waals surface area contributed by atoms with Gasteiger partial charge in [-0.3, -0.25) is 4.79 Å². The molecule has 0 aliphatic heterocycles. The first-order chi connectivity index (χ1) is 12.1. The largest absolute Gasteiger partial charge is 0.406 e. The van der Waals surface area contributed by atoms with Gasteiger partial charge in [-0.25, -0.2) is 4.39 Å². The van der Waals surface area contributed by atoms with Gasteiger partial charge in [0.1, 0.15) is 12.4 Å². The highest BCUT2D eigenvalue weighted by molar-refractivity contribution is 6.36. The van der Waals surface area contributed by atoms with Crippen molar-refractivity contribution >= 4 is 29.1 Å². The lowest BCUT2D eigenvalue weighted by Crippen LogP contribution is -2.38. The van der Waals surface area contributed by atoms with E-state index >= 15 is 0 Å². The van der Waals surface area contributed by atoms with E-state index in [1.807, 2.05) is 6.07 Å². The molecule has 1 amide bonds. The number of amides is 1. The molecule has 0 unspecified atom stereocenters. The average molecular weight is 405 g/mol. The van der Waals surface area contributed by atoms with E-state index in [1.165, 1.54) is 24.3 Å². The molecule has 0 saturated heterocycles. The third kappa shape index (κ3) is 5.10. The van der Waals surface area contributed by atoms with Gasteiger partial charge in [-0.2, -0.15) is 18.4 Å². The predicted octanol–water partition coefficient (Wildman–Crippen LogP) is 5.21. The number of alkyl halides is 3. The second kappa shape index (κ2) is 7.94. The molecule has 26 heavy (non-hydrogen) atoms. The van der Waals surface area contributed by atoms with Gasteiger partial charge in [0.15, 0.2) is 0 Å². The Morgan fingerprint density at radius 1 is 1.12 bits per heavy atom. The van der Waals surface area contributed by atoms with Crippen LogP contribution in [0.3, 0.4) is 0 Å². The third-order valence-electron chi connectivity index (χ3n) is 3.35. The van der Waals surface area contributed by atoms with Crippen molar-refractivity contribution in [2.45, 2.75) is 12.7 Å². The number of hydrogen-bond donors (Lipinski definition) is 0. The minimum Gasteiger partial charge on any atom is -0.325 e. The molecule has 0 bridgehead atoms. The van der Waals surface area contributed by atoms with Crippen LogP contribution in [0.4, 0.5) is 17.6 Å². The fourth-order valence-corrected chi connectivity index (χ4v) is 2.64. The fraction of sp³-hybridized carbons (Fsp3) is 0.176. The van der Waals surface area contributed by atoms with Crippen molar-refractivity contribution in [3.8, 4) is 6.07 Å². The molecule has 9 heteroatoms. The Morgan fingerprint density at radius 2 is 1.73 bits per heavy atom. The number of rotatable bonds is 4. The van der Waals surface area contributed by atoms with Crippen LogP contribution >= 0.6 is 23.2 Å². The highest BCUT2D eigenvalue weighted by Gasteiger charge is 2.34. The van der Waals surface area contributed by atoms with Gasteiger partial charge < -0.3 is 4.90 Å². The molecular formula is C17H10Cl2F4N2O. The van der Waals surface area contributed by atoms with E-state index in [0.29, 0.717) is 22.1 Å². The van der Waals surface area contributed by atoms with Crippen LogP contribution in [0.15, 0.2) is 36.4 Å². The topological polar surface area (TPSA) is 44.1 Å². The summed E-state index contributed by atoms with van der Waals surface area (Å²) in [6, 6.07) is 9.24. The van der Waals surface area contributed by atoms with Gasteiger partial charge in [0.25, 0.3) is 5.91 Å². The van der Waals surface area contributed by atoms with E-state index in [4.69, 9.17) is 28.5 Å². The third-order valence-corrected chi connectivity index (χ3v) is 3.96. The lowest BCUT2D eigenvalue weighted by molar-refractivity contribution is -0.141. The summed E-state index contributed by atoms with van der Waals surface area (Å²) in [6.07, 6.45) is -4.67. The van der Waals surface area contributed by atoms with Crippen molar-refractivity contribution in [1.29, 1.82) is 5.26 Å². The quantitative estimate of drug-likeness (QED) is 0.518. The summed E-state index contributed by atoms with van der Waals surface area (Å²) in [4.78, 5) is 13.0. The zero-order valence-corrected chi connectivity index (χ0v) is 14.5. The highest BCUT2D eigenvalue weighted by atomic mass is 35.5. The molecule has 0 heterocycles. The molecule has 2 aromatic carbocycles. The standard InChI is InChI=1S/C17H10Cl2F4N2O/c18-13-6-14(19)15(20)5-12(13)16(26)25(9-17(21,22)23)8-11-3-1-10(7-24)2-4-11/h1-6H,8-9H2. The lowest BCUT2D eigenvalue weighted by Gasteiger charge is -2.24. The summed E-state index contributed by atoms with van der Waals surface area (Å²) in [5.41, 5.74) is 0.267. The Bertz CT molecular complexity index is 861. The highest BCUT2D eigenvalue weighted by Crippen LogP contribution is 2.27. The van der Waals surface area contributed by atoms with Crippen molar-refractivity contribution in [2.24, 2.45) is 0 Å². The van der Waals surface area contributed by atoms with Gasteiger partial charge in [-0.1, -0.05) is 35.3 Å². The molecule has 3 nitrogen and oxygen atoms in total. The van der Waals surface area contributed by atoms with Gasteiger partial charge in [-0.15, -0.1) is 0 Å². The fourth-order valence-electron chi connectivity index (χ4n) is 2.18. The molecule has 0 saturated carbocycles. The number of nitriles is 1. The van der Waals surface area contributed by atoms with E-state index in [1.54, 1.807) is 0 Å². The minimum absolute atomic E-state index is 0.256. The van der Waals surface area contributed by atoms with Gasteiger partial charge in [0.05, 0.1) is 27.2 Å². The summed E-state index contributed by atoms with van der Waals surface area (Å²) in [5.74, 6) is -2.06. The van der Waals surface area contributed by atoms with E-state index < -0.39 is 36.6 Å². The number of halogens is 6. The Morgan fingerprint density at radius 3 is 2.27 bits per heavy atom. The Labute approximate surface area is 156 Å². The summed E-state index contributed by atoms with van der Waals surface area (Å²) in [5, 5.41) is 8.15. The average Bonchev–Trinajstić information content (AvgIpc) is 2.56. The second-order valence-corrected chi connectivity index (χ2v) is 6.15. The van der Waals surface area contributed by atoms with Crippen molar-refractivity contribution in [1.82, 2.24) is 4.90 Å². The van der Waals surface area contributed by atoms with Crippen LogP contribution in [0.1, 0.15) is 21.5 Å². The first-order valence-electron chi connectivity index (χ1n) is 7.10. The monoisotopic (exact) mass is 404 g/mol. The van der Waals surface area contributed by atoms with Crippen molar-refractivity contribution in [3.63, 3.8) is 0 Å². The molecule has 2 rings (SSSR count). The molecule has 0 fully saturated rings. The number of nitrogens with zero attached hydrogens (tertiary/aromatic N) is 2. The Kier molecular flexibility index (Phi) is 6.11. The first-order valence-corrected chi connectivity index (χ1v) is 7.86. The molecule has 0 aliphatic rings. The number of carbonyl (C=O) groups is 1. The van der Waals surface area contributed by atoms with Crippen LogP contribution < -0.4 is 0 Å². The molecular weight excluding hydrogens is 395 g/mol. The van der Waals surface area contributed by atoms with Crippen LogP contribution in [-0.4, -0.2) is 23.5 Å². The summed E-state index contributed by atoms with van der Waals surface area (Å²) in [7, 11) is 0. The maximum atomic E-state index is 13.6. The van der Waals surface area contributed by atoms with Crippen LogP contribution in [0, 0.1) is 17.1 Å². The van der Waals surface area contributed by atoms with E-state index in [2.05, 4.69) is 0 Å². The van der Waals surface area contributed by atoms with Crippen molar-refractivity contribution < 1.29 is 22.4 Å². The molecule has 0 radical (unpaired) electrons. The lowest BCUT2D eigenvalue weighted by atomic mass is 10.1. The smallest absolute Gasteiger partial charge is 0.325 e. The van der Waals surface area contributed by atoms with Crippen LogP contribution in [-0.2, 0) is 6.54 Å². The van der Waals surface area contributed by atoms with Crippen LogP contribution in [0.25, 0.3) is 0 Å². The molecule has 0 aliphatic carbocycles. The van der Waals surface area contributed by atoms with Crippen LogP contribution in [0.2, 0.25) is 10.0 Å². The maximum absolute atomic E-state index is 13.6. The molecule has 2 aromatic rings. The van der Waals surface area contributed by atoms with Crippen LogP contribution in [0.5, 0.6) is 0 Å². The van der Waals surface area contributed by atoms with Crippen molar-refractivity contribution in [2.75, 3.05) is 6.54 Å². The van der Waals surface area contributed by atoms with Crippen molar-refractivity contribution in [3.05, 3.63) is 69.0 Å². The molecule has 0 N–H and O–H groups in total. The number of carbonyl (C=O) groups excluding carboxylic acids is 1. The SMILES string of the molecule is N#Cc1ccc(CN(CC(F)(F)F)C(=O)c2cc(F)c(Cl)cc2Cl)cc1. The van der Waals surface area contributed by atoms with Gasteiger partial charge in [0, 0.05) is 6.54 Å². The van der Waals surface area contributed by atoms with Gasteiger partial charge >= 0.3 is 6.18 Å². The summed E-state index contributed by atoms with van der Waals surface area (Å²) < 4.78 is 52.3. The van der Waals surface area contributed by atoms with Gasteiger partial charge in [-0.05, 0) is 29.8 Å². The zero-order valence-electron chi connectivity index (χ0n) is 12.9. The maximum Gasteiger partial charge on any atom is 0.406 e. The molecule has 0 aromatic heterocycles. The predicted molar refractivity (Wildman–Crippen MR) is 88.4 cm³/mol. The summed E-state index contributed by atoms with van der Waals surface area (Å²) >= 11 is 11.4. The zero-order chi connectivity index (χ0) is 19.5. The number of hydrogen-bond acceptors (Lipinski definition) is 2. The first kappa shape index (κ1) is 20.0. The minimum atomic E-state index is -4.67. The summed E-state index contributed by atoms with van der Waals surface area (Å²) in [6.45, 7) is -1.95. The normalized spacial score (nSPS) is 11.1. The molecule has 0 atom stereocenters. The van der Waals surface area contributed by atoms with E-state index in [9.17, 15) is 22.4 Å². The second-order valence-electron chi connectivity index (χ2n) is 5.33. The molecule has 136 valence electrons. The van der Waals surface area contributed by atoms with E-state index in [-0.39, 0.29) is 10.0 Å². The number of benzene rings is 2. The Hall–Kier alpha value is -2.30. The van der Waals surface area contributed by atoms with Gasteiger partial charge in [0.2, 0.25) is 0 Å².